The average molecular weight is 308 g/mol. The van der Waals surface area contributed by atoms with E-state index in [-0.39, 0.29) is 23.8 Å². The van der Waals surface area contributed by atoms with E-state index in [1.165, 1.54) is 0 Å². The van der Waals surface area contributed by atoms with E-state index in [1.54, 1.807) is 11.0 Å². The van der Waals surface area contributed by atoms with Crippen LogP contribution in [0.15, 0.2) is 6.07 Å². The van der Waals surface area contributed by atoms with Gasteiger partial charge in [-0.2, -0.15) is 5.10 Å². The normalized spacial score (nSPS) is 23.4. The zero-order valence-corrected chi connectivity index (χ0v) is 12.7. The quantitative estimate of drug-likeness (QED) is 0.910. The van der Waals surface area contributed by atoms with E-state index in [0.717, 1.165) is 18.5 Å². The molecule has 0 aliphatic carbocycles. The number of aromatic amines is 1. The number of likely N-dealkylation sites (tertiary alicyclic amines) is 2. The summed E-state index contributed by atoms with van der Waals surface area (Å²) in [5.41, 5.74) is 1.30. The van der Waals surface area contributed by atoms with E-state index >= 15 is 0 Å². The van der Waals surface area contributed by atoms with Crippen LogP contribution in [-0.2, 0) is 4.79 Å². The van der Waals surface area contributed by atoms with Crippen molar-refractivity contribution in [1.82, 2.24) is 20.0 Å². The van der Waals surface area contributed by atoms with E-state index in [9.17, 15) is 14.0 Å². The minimum atomic E-state index is -0.432. The molecule has 1 atom stereocenters. The summed E-state index contributed by atoms with van der Waals surface area (Å²) in [6.45, 7) is 3.17. The summed E-state index contributed by atoms with van der Waals surface area (Å²) >= 11 is 0. The first-order valence-corrected chi connectivity index (χ1v) is 7.75. The fourth-order valence-corrected chi connectivity index (χ4v) is 3.34. The van der Waals surface area contributed by atoms with Gasteiger partial charge in [0.2, 0.25) is 5.91 Å². The van der Waals surface area contributed by atoms with Crippen molar-refractivity contribution in [2.75, 3.05) is 26.3 Å². The lowest BCUT2D eigenvalue weighted by molar-refractivity contribution is -0.130. The highest BCUT2D eigenvalue weighted by atomic mass is 19.1. The first-order valence-electron chi connectivity index (χ1n) is 7.75. The monoisotopic (exact) mass is 308 g/mol. The molecule has 1 N–H and O–H groups in total. The van der Waals surface area contributed by atoms with E-state index in [0.29, 0.717) is 31.7 Å². The first kappa shape index (κ1) is 15.0. The fourth-order valence-electron chi connectivity index (χ4n) is 3.34. The molecule has 0 radical (unpaired) electrons. The summed E-state index contributed by atoms with van der Waals surface area (Å²) in [4.78, 5) is 27.9. The second kappa shape index (κ2) is 6.06. The van der Waals surface area contributed by atoms with E-state index < -0.39 is 6.67 Å². The number of nitrogens with one attached hydrogen (secondary N) is 1. The van der Waals surface area contributed by atoms with Crippen LogP contribution in [0.4, 0.5) is 4.39 Å². The molecule has 1 unspecified atom stereocenters. The predicted molar refractivity (Wildman–Crippen MR) is 78.0 cm³/mol. The number of H-pyrrole nitrogens is 1. The van der Waals surface area contributed by atoms with Crippen LogP contribution in [0.1, 0.15) is 35.4 Å². The molecule has 2 fully saturated rings. The number of aromatic nitrogens is 2. The summed E-state index contributed by atoms with van der Waals surface area (Å²) < 4.78 is 12.7. The van der Waals surface area contributed by atoms with Gasteiger partial charge in [-0.25, -0.2) is 0 Å². The highest BCUT2D eigenvalue weighted by Crippen LogP contribution is 2.26. The molecule has 3 heterocycles. The molecule has 22 heavy (non-hydrogen) atoms. The SMILES string of the molecule is Cc1cc(C(=O)N2CCC(N3CC(CF)CC3=O)CC2)n[nH]1. The lowest BCUT2D eigenvalue weighted by atomic mass is 10.0. The molecule has 2 amide bonds. The van der Waals surface area contributed by atoms with Gasteiger partial charge < -0.3 is 9.80 Å². The third kappa shape index (κ3) is 2.84. The van der Waals surface area contributed by atoms with Crippen LogP contribution in [0.2, 0.25) is 0 Å². The highest BCUT2D eigenvalue weighted by molar-refractivity contribution is 5.92. The van der Waals surface area contributed by atoms with Gasteiger partial charge in [0, 0.05) is 43.7 Å². The van der Waals surface area contributed by atoms with Crippen molar-refractivity contribution in [2.24, 2.45) is 5.92 Å². The molecule has 2 aliphatic rings. The topological polar surface area (TPSA) is 69.3 Å². The van der Waals surface area contributed by atoms with Crippen LogP contribution in [0, 0.1) is 12.8 Å². The molecule has 1 aromatic rings. The van der Waals surface area contributed by atoms with Crippen LogP contribution >= 0.6 is 0 Å². The number of carbonyl (C=O) groups is 2. The maximum atomic E-state index is 12.7. The van der Waals surface area contributed by atoms with Crippen molar-refractivity contribution in [2.45, 2.75) is 32.2 Å². The number of amides is 2. The van der Waals surface area contributed by atoms with Gasteiger partial charge in [0.25, 0.3) is 5.91 Å². The van der Waals surface area contributed by atoms with Crippen LogP contribution in [0.5, 0.6) is 0 Å². The maximum Gasteiger partial charge on any atom is 0.274 e. The van der Waals surface area contributed by atoms with Gasteiger partial charge in [-0.15, -0.1) is 0 Å². The van der Waals surface area contributed by atoms with E-state index in [1.807, 2.05) is 11.8 Å². The van der Waals surface area contributed by atoms with Crippen molar-refractivity contribution in [3.63, 3.8) is 0 Å². The van der Waals surface area contributed by atoms with Crippen LogP contribution < -0.4 is 0 Å². The lowest BCUT2D eigenvalue weighted by Gasteiger charge is -2.36. The number of aryl methyl sites for hydroxylation is 1. The second-order valence-electron chi connectivity index (χ2n) is 6.23. The molecule has 0 bridgehead atoms. The molecule has 2 saturated heterocycles. The van der Waals surface area contributed by atoms with Crippen LogP contribution in [0.3, 0.4) is 0 Å². The Labute approximate surface area is 128 Å². The molecule has 6 nitrogen and oxygen atoms in total. The average Bonchev–Trinajstić information content (AvgIpc) is 3.12. The minimum Gasteiger partial charge on any atom is -0.339 e. The van der Waals surface area contributed by atoms with Crippen molar-refractivity contribution < 1.29 is 14.0 Å². The van der Waals surface area contributed by atoms with Crippen molar-refractivity contribution >= 4 is 11.8 Å². The Kier molecular flexibility index (Phi) is 4.13. The number of rotatable bonds is 3. The number of hydrogen-bond donors (Lipinski definition) is 1. The standard InChI is InChI=1S/C15H21FN4O2/c1-10-6-13(18-17-10)15(22)19-4-2-12(3-5-19)20-9-11(8-16)7-14(20)21/h6,11-12H,2-5,7-9H2,1H3,(H,17,18). The van der Waals surface area contributed by atoms with Gasteiger partial charge in [0.15, 0.2) is 0 Å². The summed E-state index contributed by atoms with van der Waals surface area (Å²) in [5, 5.41) is 6.77. The smallest absolute Gasteiger partial charge is 0.274 e. The number of piperidine rings is 1. The van der Waals surface area contributed by atoms with Gasteiger partial charge in [-0.1, -0.05) is 0 Å². The van der Waals surface area contributed by atoms with Gasteiger partial charge in [-0.3, -0.25) is 19.1 Å². The highest BCUT2D eigenvalue weighted by Gasteiger charge is 2.36. The Balaban J connectivity index is 1.56. The summed E-state index contributed by atoms with van der Waals surface area (Å²) in [6, 6.07) is 1.87. The summed E-state index contributed by atoms with van der Waals surface area (Å²) in [7, 11) is 0. The van der Waals surface area contributed by atoms with Gasteiger partial charge in [0.05, 0.1) is 6.67 Å². The largest absolute Gasteiger partial charge is 0.339 e. The number of nitrogens with zero attached hydrogens (tertiary/aromatic N) is 3. The Bertz CT molecular complexity index is 566. The molecule has 1 aromatic heterocycles. The maximum absolute atomic E-state index is 12.7. The second-order valence-corrected chi connectivity index (χ2v) is 6.23. The third-order valence-corrected chi connectivity index (χ3v) is 4.57. The van der Waals surface area contributed by atoms with Gasteiger partial charge in [0.1, 0.15) is 5.69 Å². The van der Waals surface area contributed by atoms with Crippen molar-refractivity contribution in [3.8, 4) is 0 Å². The molecular formula is C15H21FN4O2. The summed E-state index contributed by atoms with van der Waals surface area (Å²) in [6.07, 6.45) is 1.82. The third-order valence-electron chi connectivity index (χ3n) is 4.57. The molecule has 3 rings (SSSR count). The molecule has 2 aliphatic heterocycles. The van der Waals surface area contributed by atoms with Crippen molar-refractivity contribution in [1.29, 1.82) is 0 Å². The number of halogens is 1. The van der Waals surface area contributed by atoms with Crippen LogP contribution in [-0.4, -0.2) is 64.2 Å². The van der Waals surface area contributed by atoms with Gasteiger partial charge in [-0.05, 0) is 25.8 Å². The minimum absolute atomic E-state index is 0.0513. The lowest BCUT2D eigenvalue weighted by Crippen LogP contribution is -2.47. The summed E-state index contributed by atoms with van der Waals surface area (Å²) in [5.74, 6) is -0.174. The number of alkyl halides is 1. The predicted octanol–water partition coefficient (Wildman–Crippen LogP) is 1.14. The zero-order chi connectivity index (χ0) is 15.7. The fraction of sp³-hybridized carbons (Fsp3) is 0.667. The zero-order valence-electron chi connectivity index (χ0n) is 12.7. The molecule has 7 heteroatoms. The molecular weight excluding hydrogens is 287 g/mol. The Morgan fingerprint density at radius 3 is 2.73 bits per heavy atom. The van der Waals surface area contributed by atoms with E-state index in [4.69, 9.17) is 0 Å². The molecule has 0 saturated carbocycles. The van der Waals surface area contributed by atoms with Crippen LogP contribution in [0.25, 0.3) is 0 Å². The molecule has 0 aromatic carbocycles. The van der Waals surface area contributed by atoms with E-state index in [2.05, 4.69) is 10.2 Å². The molecule has 0 spiro atoms. The molecule has 120 valence electrons. The Hall–Kier alpha value is -1.92. The Morgan fingerprint density at radius 2 is 2.18 bits per heavy atom. The van der Waals surface area contributed by atoms with Gasteiger partial charge >= 0.3 is 0 Å². The number of carbonyl (C=O) groups excluding carboxylic acids is 2. The first-order chi connectivity index (χ1) is 10.6. The van der Waals surface area contributed by atoms with Crippen molar-refractivity contribution in [3.05, 3.63) is 17.5 Å². The Morgan fingerprint density at radius 1 is 1.45 bits per heavy atom. The number of hydrogen-bond acceptors (Lipinski definition) is 3.